The highest BCUT2D eigenvalue weighted by molar-refractivity contribution is 7.17. The van der Waals surface area contributed by atoms with Crippen molar-refractivity contribution in [1.82, 2.24) is 4.98 Å². The lowest BCUT2D eigenvalue weighted by molar-refractivity contribution is 0.0989. The number of carbonyl (C=O) groups is 2. The zero-order chi connectivity index (χ0) is 19.8. The molecule has 29 heavy (non-hydrogen) atoms. The number of aryl methyl sites for hydroxylation is 1. The van der Waals surface area contributed by atoms with Crippen molar-refractivity contribution in [2.45, 2.75) is 32.1 Å². The number of hydrogen-bond acceptors (Lipinski definition) is 4. The molecule has 0 radical (unpaired) electrons. The van der Waals surface area contributed by atoms with Gasteiger partial charge in [0.05, 0.1) is 11.1 Å². The number of pyridine rings is 1. The van der Waals surface area contributed by atoms with E-state index in [4.69, 9.17) is 0 Å². The maximum Gasteiger partial charge on any atom is 0.261 e. The van der Waals surface area contributed by atoms with Gasteiger partial charge in [0.1, 0.15) is 5.00 Å². The SMILES string of the molecule is O=C(Nc1sc2c(c1C(=O)N1CCc3ccccc31)CCCC2)c1cccnc1. The van der Waals surface area contributed by atoms with Crippen LogP contribution in [0.15, 0.2) is 48.8 Å². The molecule has 0 saturated heterocycles. The Morgan fingerprint density at radius 1 is 1.03 bits per heavy atom. The van der Waals surface area contributed by atoms with Gasteiger partial charge in [0.15, 0.2) is 0 Å². The smallest absolute Gasteiger partial charge is 0.261 e. The summed E-state index contributed by atoms with van der Waals surface area (Å²) in [4.78, 5) is 33.5. The standard InChI is InChI=1S/C23H21N3O2S/c27-21(16-7-5-12-24-14-16)25-22-20(17-8-2-4-10-19(17)29-22)23(28)26-13-11-15-6-1-3-9-18(15)26/h1,3,5-7,9,12,14H,2,4,8,10-11,13H2,(H,25,27). The number of aromatic nitrogens is 1. The Hall–Kier alpha value is -2.99. The number of fused-ring (bicyclic) bond motifs is 2. The summed E-state index contributed by atoms with van der Waals surface area (Å²) in [5.74, 6) is -0.233. The van der Waals surface area contributed by atoms with Crippen molar-refractivity contribution in [1.29, 1.82) is 0 Å². The predicted molar refractivity (Wildman–Crippen MR) is 115 cm³/mol. The van der Waals surface area contributed by atoms with Crippen molar-refractivity contribution in [2.24, 2.45) is 0 Å². The van der Waals surface area contributed by atoms with E-state index in [1.165, 1.54) is 10.4 Å². The number of hydrogen-bond donors (Lipinski definition) is 1. The van der Waals surface area contributed by atoms with E-state index in [1.807, 2.05) is 23.1 Å². The molecule has 0 saturated carbocycles. The molecule has 0 bridgehead atoms. The number of nitrogens with one attached hydrogen (secondary N) is 1. The maximum absolute atomic E-state index is 13.7. The highest BCUT2D eigenvalue weighted by Crippen LogP contribution is 2.40. The van der Waals surface area contributed by atoms with Gasteiger partial charge in [-0.3, -0.25) is 14.6 Å². The third kappa shape index (κ3) is 3.23. The van der Waals surface area contributed by atoms with E-state index in [1.54, 1.807) is 35.9 Å². The van der Waals surface area contributed by atoms with Gasteiger partial charge in [-0.15, -0.1) is 11.3 Å². The van der Waals surface area contributed by atoms with Crippen molar-refractivity contribution in [3.05, 3.63) is 75.9 Å². The van der Waals surface area contributed by atoms with E-state index in [0.717, 1.165) is 43.4 Å². The summed E-state index contributed by atoms with van der Waals surface area (Å²) in [7, 11) is 0. The molecule has 2 aromatic heterocycles. The lowest BCUT2D eigenvalue weighted by Crippen LogP contribution is -2.30. The molecule has 1 aromatic carbocycles. The molecule has 2 aliphatic rings. The normalized spacial score (nSPS) is 15.0. The van der Waals surface area contributed by atoms with Crippen LogP contribution in [0.2, 0.25) is 0 Å². The molecule has 6 heteroatoms. The Labute approximate surface area is 173 Å². The van der Waals surface area contributed by atoms with Crippen LogP contribution in [0.3, 0.4) is 0 Å². The average molecular weight is 404 g/mol. The molecule has 0 spiro atoms. The average Bonchev–Trinajstić information content (AvgIpc) is 3.35. The van der Waals surface area contributed by atoms with Gasteiger partial charge in [-0.05, 0) is 61.4 Å². The van der Waals surface area contributed by atoms with Gasteiger partial charge in [0.25, 0.3) is 11.8 Å². The molecular formula is C23H21N3O2S. The quantitative estimate of drug-likeness (QED) is 0.701. The van der Waals surface area contributed by atoms with Gasteiger partial charge in [0, 0.05) is 29.5 Å². The van der Waals surface area contributed by atoms with E-state index >= 15 is 0 Å². The van der Waals surface area contributed by atoms with E-state index in [9.17, 15) is 9.59 Å². The second-order valence-corrected chi connectivity index (χ2v) is 8.55. The Bertz CT molecular complexity index is 1090. The van der Waals surface area contributed by atoms with Crippen molar-refractivity contribution in [3.63, 3.8) is 0 Å². The number of rotatable bonds is 3. The third-order valence-electron chi connectivity index (χ3n) is 5.67. The highest BCUT2D eigenvalue weighted by atomic mass is 32.1. The minimum atomic E-state index is -0.229. The monoisotopic (exact) mass is 403 g/mol. The van der Waals surface area contributed by atoms with Crippen LogP contribution in [0.25, 0.3) is 0 Å². The number of benzene rings is 1. The lowest BCUT2D eigenvalue weighted by Gasteiger charge is -2.20. The van der Waals surface area contributed by atoms with E-state index in [2.05, 4.69) is 16.4 Å². The van der Waals surface area contributed by atoms with Crippen molar-refractivity contribution in [3.8, 4) is 0 Å². The molecule has 1 aliphatic carbocycles. The number of amides is 2. The van der Waals surface area contributed by atoms with Crippen LogP contribution in [0.5, 0.6) is 0 Å². The molecule has 5 nitrogen and oxygen atoms in total. The van der Waals surface area contributed by atoms with E-state index in [0.29, 0.717) is 22.7 Å². The summed E-state index contributed by atoms with van der Waals surface area (Å²) in [5, 5.41) is 3.67. The zero-order valence-corrected chi connectivity index (χ0v) is 16.8. The lowest BCUT2D eigenvalue weighted by atomic mass is 9.95. The van der Waals surface area contributed by atoms with Crippen LogP contribution in [-0.2, 0) is 19.3 Å². The Morgan fingerprint density at radius 2 is 1.90 bits per heavy atom. The molecule has 1 aliphatic heterocycles. The molecule has 1 N–H and O–H groups in total. The summed E-state index contributed by atoms with van der Waals surface area (Å²) in [6, 6.07) is 11.5. The molecule has 0 fully saturated rings. The first kappa shape index (κ1) is 18.1. The van der Waals surface area contributed by atoms with Crippen LogP contribution in [0, 0.1) is 0 Å². The third-order valence-corrected chi connectivity index (χ3v) is 6.88. The highest BCUT2D eigenvalue weighted by Gasteiger charge is 2.32. The summed E-state index contributed by atoms with van der Waals surface area (Å²) < 4.78 is 0. The molecular weight excluding hydrogens is 382 g/mol. The topological polar surface area (TPSA) is 62.3 Å². The first-order valence-electron chi connectivity index (χ1n) is 9.98. The fourth-order valence-corrected chi connectivity index (χ4v) is 5.51. The second kappa shape index (κ2) is 7.44. The fourth-order valence-electron chi connectivity index (χ4n) is 4.24. The number of thiophene rings is 1. The van der Waals surface area contributed by atoms with Gasteiger partial charge in [-0.25, -0.2) is 0 Å². The van der Waals surface area contributed by atoms with Gasteiger partial charge in [-0.1, -0.05) is 18.2 Å². The fraction of sp³-hybridized carbons (Fsp3) is 0.261. The number of nitrogens with zero attached hydrogens (tertiary/aromatic N) is 2. The minimum Gasteiger partial charge on any atom is -0.313 e. The maximum atomic E-state index is 13.7. The van der Waals surface area contributed by atoms with Crippen molar-refractivity contribution in [2.75, 3.05) is 16.8 Å². The Morgan fingerprint density at radius 3 is 2.76 bits per heavy atom. The molecule has 3 heterocycles. The number of carbonyl (C=O) groups excluding carboxylic acids is 2. The largest absolute Gasteiger partial charge is 0.313 e. The molecule has 146 valence electrons. The van der Waals surface area contributed by atoms with Crippen LogP contribution < -0.4 is 10.2 Å². The number of anilines is 2. The summed E-state index contributed by atoms with van der Waals surface area (Å²) in [6.07, 6.45) is 8.12. The predicted octanol–water partition coefficient (Wildman–Crippen LogP) is 4.48. The zero-order valence-electron chi connectivity index (χ0n) is 16.0. The number of para-hydroxylation sites is 1. The van der Waals surface area contributed by atoms with Gasteiger partial charge in [0.2, 0.25) is 0 Å². The minimum absolute atomic E-state index is 0.00385. The van der Waals surface area contributed by atoms with Crippen LogP contribution in [0.1, 0.15) is 49.6 Å². The van der Waals surface area contributed by atoms with E-state index < -0.39 is 0 Å². The molecule has 0 unspecified atom stereocenters. The molecule has 3 aromatic rings. The summed E-state index contributed by atoms with van der Waals surface area (Å²) in [5.41, 5.74) is 4.48. The molecule has 2 amide bonds. The van der Waals surface area contributed by atoms with Gasteiger partial charge in [-0.2, -0.15) is 0 Å². The second-order valence-electron chi connectivity index (χ2n) is 7.45. The Balaban J connectivity index is 1.53. The van der Waals surface area contributed by atoms with Crippen molar-refractivity contribution >= 4 is 33.8 Å². The van der Waals surface area contributed by atoms with Crippen LogP contribution in [-0.4, -0.2) is 23.3 Å². The van der Waals surface area contributed by atoms with Crippen LogP contribution in [0.4, 0.5) is 10.7 Å². The molecule has 0 atom stereocenters. The summed E-state index contributed by atoms with van der Waals surface area (Å²) >= 11 is 1.55. The Kier molecular flexibility index (Phi) is 4.64. The van der Waals surface area contributed by atoms with Crippen LogP contribution >= 0.6 is 11.3 Å². The molecule has 5 rings (SSSR count). The van der Waals surface area contributed by atoms with Gasteiger partial charge >= 0.3 is 0 Å². The summed E-state index contributed by atoms with van der Waals surface area (Å²) in [6.45, 7) is 0.679. The van der Waals surface area contributed by atoms with E-state index in [-0.39, 0.29) is 11.8 Å². The van der Waals surface area contributed by atoms with Crippen molar-refractivity contribution < 1.29 is 9.59 Å². The first-order chi connectivity index (χ1) is 14.2. The van der Waals surface area contributed by atoms with Gasteiger partial charge < -0.3 is 10.2 Å². The first-order valence-corrected chi connectivity index (χ1v) is 10.8.